The van der Waals surface area contributed by atoms with Crippen molar-refractivity contribution in [2.75, 3.05) is 13.1 Å². The molecule has 0 aliphatic carbocycles. The van der Waals surface area contributed by atoms with Gasteiger partial charge in [-0.2, -0.15) is 5.26 Å². The van der Waals surface area contributed by atoms with Crippen molar-refractivity contribution >= 4 is 17.4 Å². The largest absolute Gasteiger partial charge is 0.451 e. The molecule has 1 aromatic heterocycles. The number of nitrogens with two attached hydrogens (primary N) is 2. The predicted molar refractivity (Wildman–Crippen MR) is 107 cm³/mol. The van der Waals surface area contributed by atoms with Crippen molar-refractivity contribution in [2.45, 2.75) is 19.0 Å². The molecule has 2 atom stereocenters. The van der Waals surface area contributed by atoms with Crippen LogP contribution in [-0.2, 0) is 11.3 Å². The molecule has 1 saturated heterocycles. The molecular formula is C20H22FN7O2. The average Bonchev–Trinajstić information content (AvgIpc) is 3.23. The van der Waals surface area contributed by atoms with Crippen LogP contribution in [0.3, 0.4) is 0 Å². The molecule has 10 heteroatoms. The fourth-order valence-electron chi connectivity index (χ4n) is 3.21. The van der Waals surface area contributed by atoms with E-state index >= 15 is 0 Å². The van der Waals surface area contributed by atoms with Crippen molar-refractivity contribution in [3.05, 3.63) is 60.2 Å². The number of carbonyl (C=O) groups excluding carboxylic acids is 1. The highest BCUT2D eigenvalue weighted by Crippen LogP contribution is 2.19. The number of benzene rings is 1. The molecule has 3 rings (SSSR count). The number of likely N-dealkylation sites (tertiary alicyclic amines) is 1. The van der Waals surface area contributed by atoms with E-state index < -0.39 is 11.7 Å². The summed E-state index contributed by atoms with van der Waals surface area (Å²) in [6.07, 6.45) is 5.02. The molecule has 1 fully saturated rings. The Bertz CT molecular complexity index is 964. The number of piperidine rings is 1. The Labute approximate surface area is 172 Å². The maximum atomic E-state index is 13.0. The van der Waals surface area contributed by atoms with E-state index in [0.29, 0.717) is 25.2 Å². The minimum atomic E-state index is -0.761. The second-order valence-electron chi connectivity index (χ2n) is 6.91. The maximum Gasteiger partial charge on any atom is 0.253 e. The van der Waals surface area contributed by atoms with Gasteiger partial charge in [0.15, 0.2) is 6.39 Å². The molecule has 1 amide bonds. The van der Waals surface area contributed by atoms with Gasteiger partial charge >= 0.3 is 0 Å². The van der Waals surface area contributed by atoms with Gasteiger partial charge < -0.3 is 21.2 Å². The minimum absolute atomic E-state index is 0.0129. The highest BCUT2D eigenvalue weighted by atomic mass is 19.1. The van der Waals surface area contributed by atoms with Gasteiger partial charge in [0.2, 0.25) is 0 Å². The number of amidine groups is 1. The Morgan fingerprint density at radius 3 is 2.83 bits per heavy atom. The fourth-order valence-corrected chi connectivity index (χ4v) is 3.21. The molecule has 1 unspecified atom stereocenters. The number of hydrogen-bond acceptors (Lipinski definition) is 7. The number of primary amides is 1. The van der Waals surface area contributed by atoms with Crippen LogP contribution in [-0.4, -0.2) is 40.8 Å². The molecule has 1 aromatic carbocycles. The van der Waals surface area contributed by atoms with Crippen LogP contribution in [0, 0.1) is 23.1 Å². The van der Waals surface area contributed by atoms with Crippen molar-refractivity contribution in [2.24, 2.45) is 22.4 Å². The van der Waals surface area contributed by atoms with Crippen LogP contribution in [0.1, 0.15) is 12.1 Å². The molecule has 2 heterocycles. The van der Waals surface area contributed by atoms with Gasteiger partial charge in [-0.25, -0.2) is 14.4 Å². The molecule has 5 N–H and O–H groups in total. The number of nitriles is 1. The lowest BCUT2D eigenvalue weighted by atomic mass is 9.93. The first-order valence-corrected chi connectivity index (χ1v) is 9.31. The Morgan fingerprint density at radius 2 is 2.20 bits per heavy atom. The first-order chi connectivity index (χ1) is 14.5. The summed E-state index contributed by atoms with van der Waals surface area (Å²) in [5.74, 6) is -1.58. The number of oxazole rings is 1. The van der Waals surface area contributed by atoms with Gasteiger partial charge in [0.25, 0.3) is 5.91 Å². The summed E-state index contributed by atoms with van der Waals surface area (Å²) in [5.41, 5.74) is 12.5. The summed E-state index contributed by atoms with van der Waals surface area (Å²) in [6.45, 7) is 1.88. The maximum absolute atomic E-state index is 13.0. The zero-order valence-corrected chi connectivity index (χ0v) is 16.2. The lowest BCUT2D eigenvalue weighted by molar-refractivity contribution is -0.114. The topological polar surface area (TPSA) is 147 Å². The first kappa shape index (κ1) is 21.0. The smallest absolute Gasteiger partial charge is 0.253 e. The van der Waals surface area contributed by atoms with E-state index in [-0.39, 0.29) is 23.4 Å². The van der Waals surface area contributed by atoms with Crippen LogP contribution in [0.2, 0.25) is 0 Å². The van der Waals surface area contributed by atoms with Gasteiger partial charge in [0, 0.05) is 31.9 Å². The Balaban J connectivity index is 1.67. The first-order valence-electron chi connectivity index (χ1n) is 9.31. The zero-order chi connectivity index (χ0) is 21.5. The molecule has 0 spiro atoms. The van der Waals surface area contributed by atoms with Crippen molar-refractivity contribution in [1.82, 2.24) is 15.2 Å². The third-order valence-electron chi connectivity index (χ3n) is 4.79. The Hall–Kier alpha value is -3.71. The van der Waals surface area contributed by atoms with Crippen LogP contribution in [0.25, 0.3) is 0 Å². The number of hydrogen-bond donors (Lipinski definition) is 3. The van der Waals surface area contributed by atoms with Crippen LogP contribution in [0.15, 0.2) is 58.1 Å². The molecule has 0 saturated carbocycles. The van der Waals surface area contributed by atoms with E-state index in [4.69, 9.17) is 15.9 Å². The van der Waals surface area contributed by atoms with E-state index in [9.17, 15) is 14.4 Å². The number of aromatic nitrogens is 1. The number of carbonyl (C=O) groups is 1. The molecule has 0 bridgehead atoms. The molecule has 1 aliphatic rings. The van der Waals surface area contributed by atoms with Crippen molar-refractivity contribution in [3.63, 3.8) is 0 Å². The van der Waals surface area contributed by atoms with Crippen LogP contribution in [0.4, 0.5) is 10.1 Å². The fraction of sp³-hybridized carbons (Fsp3) is 0.300. The normalized spacial score (nSPS) is 20.5. The zero-order valence-electron chi connectivity index (χ0n) is 16.2. The average molecular weight is 411 g/mol. The minimum Gasteiger partial charge on any atom is -0.451 e. The number of halogens is 1. The van der Waals surface area contributed by atoms with Gasteiger partial charge in [-0.05, 0) is 30.7 Å². The van der Waals surface area contributed by atoms with Crippen molar-refractivity contribution in [3.8, 4) is 6.07 Å². The van der Waals surface area contributed by atoms with E-state index in [1.807, 2.05) is 0 Å². The summed E-state index contributed by atoms with van der Waals surface area (Å²) in [6, 6.07) is 7.46. The SMILES string of the molecule is N#C[C@@H]1CN(Cc2cocn2)CCC1N/C=C(/C(N)=O)C(N)=Nc1ccc(F)cc1. The second-order valence-corrected chi connectivity index (χ2v) is 6.91. The summed E-state index contributed by atoms with van der Waals surface area (Å²) in [4.78, 5) is 22.2. The van der Waals surface area contributed by atoms with Gasteiger partial charge in [-0.1, -0.05) is 0 Å². The second kappa shape index (κ2) is 9.67. The molecule has 9 nitrogen and oxygen atoms in total. The summed E-state index contributed by atoms with van der Waals surface area (Å²) in [7, 11) is 0. The van der Waals surface area contributed by atoms with Gasteiger partial charge in [0.1, 0.15) is 17.9 Å². The van der Waals surface area contributed by atoms with Crippen molar-refractivity contribution < 1.29 is 13.6 Å². The lowest BCUT2D eigenvalue weighted by Gasteiger charge is -2.35. The summed E-state index contributed by atoms with van der Waals surface area (Å²) >= 11 is 0. The number of aliphatic imine (C=N–C) groups is 1. The molecule has 0 radical (unpaired) electrons. The lowest BCUT2D eigenvalue weighted by Crippen LogP contribution is -2.47. The number of amides is 1. The Morgan fingerprint density at radius 1 is 1.43 bits per heavy atom. The Kier molecular flexibility index (Phi) is 6.77. The quantitative estimate of drug-likeness (QED) is 0.352. The highest BCUT2D eigenvalue weighted by Gasteiger charge is 2.29. The van der Waals surface area contributed by atoms with E-state index in [1.54, 1.807) is 6.26 Å². The van der Waals surface area contributed by atoms with Gasteiger partial charge in [-0.3, -0.25) is 9.69 Å². The van der Waals surface area contributed by atoms with E-state index in [2.05, 4.69) is 26.3 Å². The standard InChI is InChI=1S/C20H22FN7O2/c21-14-1-3-15(4-2-14)27-19(23)17(20(24)29)8-25-18-5-6-28(9-13(18)7-22)10-16-11-30-12-26-16/h1-4,8,11-13,18,25H,5-6,9-10H2,(H2,23,27)(H2,24,29)/b17-8+/t13-,18?/m1/s1. The van der Waals surface area contributed by atoms with Crippen molar-refractivity contribution in [1.29, 1.82) is 5.26 Å². The van der Waals surface area contributed by atoms with Gasteiger partial charge in [0.05, 0.1) is 28.9 Å². The molecule has 30 heavy (non-hydrogen) atoms. The summed E-state index contributed by atoms with van der Waals surface area (Å²) in [5, 5.41) is 12.7. The van der Waals surface area contributed by atoms with E-state index in [1.165, 1.54) is 36.9 Å². The van der Waals surface area contributed by atoms with Crippen LogP contribution in [0.5, 0.6) is 0 Å². The van der Waals surface area contributed by atoms with Crippen LogP contribution < -0.4 is 16.8 Å². The third kappa shape index (κ3) is 5.42. The molecule has 156 valence electrons. The number of nitrogens with one attached hydrogen (secondary N) is 1. The van der Waals surface area contributed by atoms with Gasteiger partial charge in [-0.15, -0.1) is 0 Å². The molecule has 1 aliphatic heterocycles. The highest BCUT2D eigenvalue weighted by molar-refractivity contribution is 6.20. The van der Waals surface area contributed by atoms with Crippen LogP contribution >= 0.6 is 0 Å². The van der Waals surface area contributed by atoms with E-state index in [0.717, 1.165) is 12.2 Å². The number of rotatable bonds is 7. The summed E-state index contributed by atoms with van der Waals surface area (Å²) < 4.78 is 18.0. The third-order valence-corrected chi connectivity index (χ3v) is 4.79. The molecule has 2 aromatic rings. The predicted octanol–water partition coefficient (Wildman–Crippen LogP) is 1.18. The monoisotopic (exact) mass is 411 g/mol. The number of nitrogens with zero attached hydrogens (tertiary/aromatic N) is 4. The molecular weight excluding hydrogens is 389 g/mol.